The van der Waals surface area contributed by atoms with Gasteiger partial charge in [0.05, 0.1) is 26.0 Å². The molecule has 0 aromatic heterocycles. The van der Waals surface area contributed by atoms with Crippen molar-refractivity contribution in [2.24, 2.45) is 5.92 Å². The van der Waals surface area contributed by atoms with Crippen molar-refractivity contribution in [2.75, 3.05) is 39.1 Å². The zero-order valence-corrected chi connectivity index (χ0v) is 18.7. The first-order valence-corrected chi connectivity index (χ1v) is 12.1. The lowest BCUT2D eigenvalue weighted by Crippen LogP contribution is -2.34. The van der Waals surface area contributed by atoms with Gasteiger partial charge < -0.3 is 18.7 Å². The van der Waals surface area contributed by atoms with E-state index in [1.165, 1.54) is 0 Å². The molecule has 1 unspecified atom stereocenters. The van der Waals surface area contributed by atoms with Crippen LogP contribution in [0.5, 0.6) is 5.75 Å². The number of hydrogen-bond donors (Lipinski definition) is 0. The highest BCUT2D eigenvalue weighted by atomic mass is 31.2. The van der Waals surface area contributed by atoms with Gasteiger partial charge in [-0.25, -0.2) is 0 Å². The zero-order valence-electron chi connectivity index (χ0n) is 17.9. The van der Waals surface area contributed by atoms with Crippen molar-refractivity contribution < 1.29 is 18.3 Å². The van der Waals surface area contributed by atoms with Crippen LogP contribution >= 0.6 is 7.60 Å². The average molecular weight is 410 g/mol. The molecule has 28 heavy (non-hydrogen) atoms. The molecule has 0 amide bonds. The summed E-state index contributed by atoms with van der Waals surface area (Å²) in [5.41, 5.74) is 2.24. The number of likely N-dealkylation sites (tertiary alicyclic amines) is 1. The van der Waals surface area contributed by atoms with Gasteiger partial charge in [-0.15, -0.1) is 0 Å². The van der Waals surface area contributed by atoms with Gasteiger partial charge in [-0.05, 0) is 63.1 Å². The number of hydrogen-bond acceptors (Lipinski definition) is 5. The van der Waals surface area contributed by atoms with Crippen molar-refractivity contribution in [3.63, 3.8) is 0 Å². The Morgan fingerprint density at radius 1 is 1.25 bits per heavy atom. The topological polar surface area (TPSA) is 48.0 Å². The maximum atomic E-state index is 12.8. The van der Waals surface area contributed by atoms with Crippen molar-refractivity contribution in [1.82, 2.24) is 4.90 Å². The maximum absolute atomic E-state index is 12.8. The Morgan fingerprint density at radius 2 is 1.89 bits per heavy atom. The Morgan fingerprint density at radius 3 is 2.46 bits per heavy atom. The van der Waals surface area contributed by atoms with E-state index in [1.807, 2.05) is 32.0 Å². The molecule has 5 nitrogen and oxygen atoms in total. The third-order valence-corrected chi connectivity index (χ3v) is 7.51. The summed E-state index contributed by atoms with van der Waals surface area (Å²) in [5.74, 6) is 1.51. The second-order valence-corrected chi connectivity index (χ2v) is 9.68. The SMILES string of the molecule is C=C(C)N1CCC(COc2cccc(C(C)CP(=O)(OCC)OCC)c2)CC1. The van der Waals surface area contributed by atoms with E-state index in [2.05, 4.69) is 31.4 Å². The fourth-order valence-electron chi connectivity index (χ4n) is 3.58. The molecule has 1 aliphatic heterocycles. The lowest BCUT2D eigenvalue weighted by Gasteiger charge is -2.33. The summed E-state index contributed by atoms with van der Waals surface area (Å²) >= 11 is 0. The van der Waals surface area contributed by atoms with Crippen LogP contribution in [0.3, 0.4) is 0 Å². The molecular weight excluding hydrogens is 373 g/mol. The molecule has 0 aliphatic carbocycles. The van der Waals surface area contributed by atoms with Gasteiger partial charge in [0.25, 0.3) is 0 Å². The Bertz CT molecular complexity index is 660. The van der Waals surface area contributed by atoms with Gasteiger partial charge in [0.15, 0.2) is 0 Å². The molecule has 1 aromatic rings. The fraction of sp³-hybridized carbons (Fsp3) is 0.636. The summed E-state index contributed by atoms with van der Waals surface area (Å²) < 4.78 is 29.8. The summed E-state index contributed by atoms with van der Waals surface area (Å²) in [6, 6.07) is 8.09. The molecule has 6 heteroatoms. The van der Waals surface area contributed by atoms with Gasteiger partial charge in [0.2, 0.25) is 0 Å². The Hall–Kier alpha value is -1.29. The molecule has 1 saturated heterocycles. The van der Waals surface area contributed by atoms with Crippen molar-refractivity contribution in [1.29, 1.82) is 0 Å². The van der Waals surface area contributed by atoms with Crippen LogP contribution in [0.4, 0.5) is 0 Å². The summed E-state index contributed by atoms with van der Waals surface area (Å²) in [6.45, 7) is 15.5. The number of benzene rings is 1. The fourth-order valence-corrected chi connectivity index (χ4v) is 5.54. The predicted octanol–water partition coefficient (Wildman–Crippen LogP) is 5.68. The molecule has 0 bridgehead atoms. The smallest absolute Gasteiger partial charge is 0.331 e. The largest absolute Gasteiger partial charge is 0.493 e. The van der Waals surface area contributed by atoms with E-state index in [-0.39, 0.29) is 5.92 Å². The molecule has 0 saturated carbocycles. The monoisotopic (exact) mass is 409 g/mol. The van der Waals surface area contributed by atoms with Gasteiger partial charge in [0, 0.05) is 18.8 Å². The highest BCUT2D eigenvalue weighted by Crippen LogP contribution is 2.51. The van der Waals surface area contributed by atoms with Gasteiger partial charge >= 0.3 is 7.60 Å². The number of nitrogens with zero attached hydrogens (tertiary/aromatic N) is 1. The zero-order chi connectivity index (χ0) is 20.6. The van der Waals surface area contributed by atoms with Gasteiger partial charge in [-0.3, -0.25) is 4.57 Å². The summed E-state index contributed by atoms with van der Waals surface area (Å²) in [5, 5.41) is 0. The molecule has 0 N–H and O–H groups in total. The van der Waals surface area contributed by atoms with Gasteiger partial charge in [-0.1, -0.05) is 25.6 Å². The van der Waals surface area contributed by atoms with E-state index in [4.69, 9.17) is 13.8 Å². The van der Waals surface area contributed by atoms with E-state index < -0.39 is 7.60 Å². The van der Waals surface area contributed by atoms with Gasteiger partial charge in [-0.2, -0.15) is 0 Å². The molecule has 1 aliphatic rings. The van der Waals surface area contributed by atoms with E-state index in [0.717, 1.165) is 49.5 Å². The van der Waals surface area contributed by atoms with E-state index in [9.17, 15) is 4.57 Å². The molecule has 0 radical (unpaired) electrons. The molecular formula is C22H36NO4P. The van der Waals surface area contributed by atoms with Gasteiger partial charge in [0.1, 0.15) is 5.75 Å². The lowest BCUT2D eigenvalue weighted by molar-refractivity contribution is 0.164. The first-order chi connectivity index (χ1) is 13.4. The predicted molar refractivity (Wildman–Crippen MR) is 115 cm³/mol. The summed E-state index contributed by atoms with van der Waals surface area (Å²) in [6.07, 6.45) is 2.64. The van der Waals surface area contributed by atoms with Crippen LogP contribution in [0.1, 0.15) is 52.0 Å². The first-order valence-electron chi connectivity index (χ1n) is 10.4. The quantitative estimate of drug-likeness (QED) is 0.440. The van der Waals surface area contributed by atoms with Crippen LogP contribution in [0.25, 0.3) is 0 Å². The van der Waals surface area contributed by atoms with Crippen molar-refractivity contribution >= 4 is 7.60 Å². The minimum absolute atomic E-state index is 0.0614. The highest BCUT2D eigenvalue weighted by Gasteiger charge is 2.27. The van der Waals surface area contributed by atoms with Crippen LogP contribution in [-0.2, 0) is 13.6 Å². The Labute approximate surface area is 170 Å². The molecule has 1 fully saturated rings. The Kier molecular flexibility index (Phi) is 9.07. The van der Waals surface area contributed by atoms with Crippen molar-refractivity contribution in [3.05, 3.63) is 42.1 Å². The highest BCUT2D eigenvalue weighted by molar-refractivity contribution is 7.53. The van der Waals surface area contributed by atoms with E-state index >= 15 is 0 Å². The summed E-state index contributed by atoms with van der Waals surface area (Å²) in [7, 11) is -3.06. The minimum Gasteiger partial charge on any atom is -0.493 e. The maximum Gasteiger partial charge on any atom is 0.331 e. The first kappa shape index (κ1) is 23.0. The molecule has 1 heterocycles. The summed E-state index contributed by atoms with van der Waals surface area (Å²) in [4.78, 5) is 2.34. The second kappa shape index (κ2) is 11.0. The third kappa shape index (κ3) is 6.95. The van der Waals surface area contributed by atoms with E-state index in [1.54, 1.807) is 0 Å². The van der Waals surface area contributed by atoms with Crippen molar-refractivity contribution in [3.8, 4) is 5.75 Å². The molecule has 1 aromatic carbocycles. The Balaban J connectivity index is 1.91. The third-order valence-electron chi connectivity index (χ3n) is 5.22. The standard InChI is InChI=1S/C22H36NO4P/c1-6-26-28(24,27-7-2)17-19(5)21-9-8-10-22(15-21)25-16-20-11-13-23(14-12-20)18(3)4/h8-10,15,19-20H,3,6-7,11-14,16-17H2,1-2,4-5H3. The van der Waals surface area contributed by atoms with E-state index in [0.29, 0.717) is 25.3 Å². The van der Waals surface area contributed by atoms with Crippen LogP contribution in [0, 0.1) is 5.92 Å². The second-order valence-electron chi connectivity index (χ2n) is 7.58. The molecule has 2 rings (SSSR count). The van der Waals surface area contributed by atoms with Crippen LogP contribution in [-0.4, -0.2) is 44.0 Å². The van der Waals surface area contributed by atoms with Crippen LogP contribution < -0.4 is 4.74 Å². The number of allylic oxidation sites excluding steroid dienone is 1. The molecule has 1 atom stereocenters. The average Bonchev–Trinajstić information content (AvgIpc) is 2.67. The van der Waals surface area contributed by atoms with Crippen LogP contribution in [0.2, 0.25) is 0 Å². The molecule has 0 spiro atoms. The van der Waals surface area contributed by atoms with Crippen molar-refractivity contribution in [2.45, 2.75) is 46.5 Å². The normalized spacial score (nSPS) is 16.8. The number of ether oxygens (including phenoxy) is 1. The lowest BCUT2D eigenvalue weighted by atomic mass is 9.97. The molecule has 158 valence electrons. The van der Waals surface area contributed by atoms with Crippen LogP contribution in [0.15, 0.2) is 36.5 Å². The minimum atomic E-state index is -3.06. The number of piperidine rings is 1. The number of rotatable bonds is 11.